The molecule has 1 aliphatic rings. The molecule has 8 nitrogen and oxygen atoms in total. The number of imidazole rings is 1. The monoisotopic (exact) mass is 318 g/mol. The molecule has 0 unspecified atom stereocenters. The Hall–Kier alpha value is -2.38. The first-order chi connectivity index (χ1) is 11.0. The number of hydrogen-bond donors (Lipinski definition) is 2. The molecule has 1 saturated carbocycles. The Morgan fingerprint density at radius 3 is 2.65 bits per heavy atom. The van der Waals surface area contributed by atoms with Gasteiger partial charge in [-0.2, -0.15) is 10.1 Å². The number of rotatable bonds is 4. The van der Waals surface area contributed by atoms with Crippen molar-refractivity contribution in [1.29, 1.82) is 0 Å². The number of nitrogens with zero attached hydrogens (tertiary/aromatic N) is 4. The van der Waals surface area contributed by atoms with Crippen LogP contribution in [0, 0.1) is 5.92 Å². The molecule has 0 aromatic carbocycles. The topological polar surface area (TPSA) is 97.1 Å². The number of fused-ring (bicyclic) bond motifs is 1. The molecule has 8 heteroatoms. The molecule has 2 heterocycles. The van der Waals surface area contributed by atoms with Crippen molar-refractivity contribution < 1.29 is 0 Å². The maximum absolute atomic E-state index is 12.2. The summed E-state index contributed by atoms with van der Waals surface area (Å²) in [5.41, 5.74) is 4.00. The maximum atomic E-state index is 12.2. The molecule has 2 N–H and O–H groups in total. The van der Waals surface area contributed by atoms with Gasteiger partial charge in [0.25, 0.3) is 5.56 Å². The smallest absolute Gasteiger partial charge is 0.303 e. The van der Waals surface area contributed by atoms with Crippen molar-refractivity contribution in [1.82, 2.24) is 19.1 Å². The van der Waals surface area contributed by atoms with E-state index in [2.05, 4.69) is 34.3 Å². The van der Waals surface area contributed by atoms with Gasteiger partial charge in [0.05, 0.1) is 0 Å². The zero-order valence-electron chi connectivity index (χ0n) is 13.7. The van der Waals surface area contributed by atoms with Crippen molar-refractivity contribution in [2.24, 2.45) is 18.1 Å². The van der Waals surface area contributed by atoms with E-state index in [1.165, 1.54) is 4.57 Å². The average molecular weight is 318 g/mol. The van der Waals surface area contributed by atoms with Gasteiger partial charge in [-0.1, -0.05) is 13.8 Å². The number of anilines is 1. The summed E-state index contributed by atoms with van der Waals surface area (Å²) in [4.78, 5) is 30.8. The molecular weight excluding hydrogens is 296 g/mol. The van der Waals surface area contributed by atoms with Gasteiger partial charge < -0.3 is 4.57 Å². The second kappa shape index (κ2) is 6.02. The summed E-state index contributed by atoms with van der Waals surface area (Å²) in [5, 5.41) is 4.42. The lowest BCUT2D eigenvalue weighted by molar-refractivity contribution is 0.535. The fraction of sp³-hybridized carbons (Fsp3) is 0.600. The molecule has 0 bridgehead atoms. The lowest BCUT2D eigenvalue weighted by atomic mass is 10.2. The molecule has 0 atom stereocenters. The Labute approximate surface area is 133 Å². The number of aryl methyl sites for hydroxylation is 1. The molecule has 0 radical (unpaired) electrons. The Kier molecular flexibility index (Phi) is 4.06. The third-order valence-electron chi connectivity index (χ3n) is 4.05. The number of H-pyrrole nitrogens is 1. The number of aromatic amines is 1. The third kappa shape index (κ3) is 2.93. The van der Waals surface area contributed by atoms with Crippen molar-refractivity contribution in [3.05, 3.63) is 20.8 Å². The molecular formula is C15H22N6O2. The summed E-state index contributed by atoms with van der Waals surface area (Å²) < 4.78 is 3.15. The van der Waals surface area contributed by atoms with Crippen molar-refractivity contribution in [3.8, 4) is 0 Å². The molecule has 1 aliphatic carbocycles. The summed E-state index contributed by atoms with van der Waals surface area (Å²) in [7, 11) is 1.60. The van der Waals surface area contributed by atoms with E-state index in [0.29, 0.717) is 29.6 Å². The van der Waals surface area contributed by atoms with Crippen LogP contribution in [0.2, 0.25) is 0 Å². The molecule has 0 spiro atoms. The van der Waals surface area contributed by atoms with Crippen LogP contribution in [0.5, 0.6) is 0 Å². The van der Waals surface area contributed by atoms with E-state index in [0.717, 1.165) is 31.4 Å². The van der Waals surface area contributed by atoms with Crippen LogP contribution in [0.25, 0.3) is 11.2 Å². The average Bonchev–Trinajstić information content (AvgIpc) is 3.10. The third-order valence-corrected chi connectivity index (χ3v) is 4.05. The van der Waals surface area contributed by atoms with Crippen LogP contribution < -0.4 is 16.7 Å². The minimum atomic E-state index is -0.467. The van der Waals surface area contributed by atoms with Gasteiger partial charge in [-0.25, -0.2) is 10.2 Å². The van der Waals surface area contributed by atoms with E-state index < -0.39 is 11.2 Å². The van der Waals surface area contributed by atoms with E-state index in [1.54, 1.807) is 11.6 Å². The van der Waals surface area contributed by atoms with E-state index >= 15 is 0 Å². The zero-order valence-corrected chi connectivity index (χ0v) is 13.7. The second-order valence-electron chi connectivity index (χ2n) is 6.43. The highest BCUT2D eigenvalue weighted by molar-refractivity contribution is 5.86. The number of hydrogen-bond acceptors (Lipinski definition) is 5. The molecule has 2 aromatic heterocycles. The quantitative estimate of drug-likeness (QED) is 0.833. The van der Waals surface area contributed by atoms with Crippen LogP contribution in [-0.4, -0.2) is 24.8 Å². The van der Waals surface area contributed by atoms with Gasteiger partial charge in [-0.05, 0) is 31.6 Å². The van der Waals surface area contributed by atoms with Gasteiger partial charge >= 0.3 is 5.69 Å². The van der Waals surface area contributed by atoms with Gasteiger partial charge in [0.1, 0.15) is 0 Å². The van der Waals surface area contributed by atoms with Crippen LogP contribution in [0.4, 0.5) is 5.95 Å². The van der Waals surface area contributed by atoms with Crippen molar-refractivity contribution in [3.63, 3.8) is 0 Å². The van der Waals surface area contributed by atoms with E-state index in [-0.39, 0.29) is 0 Å². The Balaban J connectivity index is 2.13. The minimum absolute atomic E-state index is 0.323. The van der Waals surface area contributed by atoms with Gasteiger partial charge in [0.2, 0.25) is 5.95 Å². The molecule has 2 aromatic rings. The zero-order chi connectivity index (χ0) is 16.6. The molecule has 0 aliphatic heterocycles. The predicted molar refractivity (Wildman–Crippen MR) is 90.0 cm³/mol. The highest BCUT2D eigenvalue weighted by Gasteiger charge is 2.18. The standard InChI is InChI=1S/C15H22N6O2/c1-9(2)8-21-11-12(20(3)15(23)17-13(11)22)16-14(21)19-18-10-6-4-5-7-10/h9H,4-8H2,1-3H3,(H,16,19)(H,17,22,23). The first-order valence-corrected chi connectivity index (χ1v) is 7.98. The lowest BCUT2D eigenvalue weighted by Crippen LogP contribution is -2.29. The van der Waals surface area contributed by atoms with Crippen molar-refractivity contribution in [2.75, 3.05) is 5.43 Å². The Morgan fingerprint density at radius 2 is 2.00 bits per heavy atom. The normalized spacial score (nSPS) is 14.9. The molecule has 124 valence electrons. The highest BCUT2D eigenvalue weighted by atomic mass is 16.2. The first-order valence-electron chi connectivity index (χ1n) is 7.98. The Bertz CT molecular complexity index is 862. The van der Waals surface area contributed by atoms with E-state index in [4.69, 9.17) is 0 Å². The summed E-state index contributed by atoms with van der Waals surface area (Å²) in [5.74, 6) is 0.823. The van der Waals surface area contributed by atoms with Crippen LogP contribution in [0.1, 0.15) is 39.5 Å². The molecule has 3 rings (SSSR count). The minimum Gasteiger partial charge on any atom is -0.303 e. The number of aromatic nitrogens is 4. The summed E-state index contributed by atoms with van der Waals surface area (Å²) in [6.07, 6.45) is 4.32. The largest absolute Gasteiger partial charge is 0.329 e. The van der Waals surface area contributed by atoms with E-state index in [1.807, 2.05) is 0 Å². The Morgan fingerprint density at radius 1 is 1.30 bits per heavy atom. The maximum Gasteiger partial charge on any atom is 0.329 e. The number of nitrogens with one attached hydrogen (secondary N) is 2. The van der Waals surface area contributed by atoms with Crippen LogP contribution in [0.3, 0.4) is 0 Å². The molecule has 23 heavy (non-hydrogen) atoms. The highest BCUT2D eigenvalue weighted by Crippen LogP contribution is 2.19. The van der Waals surface area contributed by atoms with Gasteiger partial charge in [-0.15, -0.1) is 0 Å². The first kappa shape index (κ1) is 15.5. The van der Waals surface area contributed by atoms with Crippen LogP contribution >= 0.6 is 0 Å². The molecule has 1 fully saturated rings. The molecule has 0 saturated heterocycles. The van der Waals surface area contributed by atoms with Crippen molar-refractivity contribution >= 4 is 22.8 Å². The second-order valence-corrected chi connectivity index (χ2v) is 6.43. The van der Waals surface area contributed by atoms with Gasteiger partial charge in [0, 0.05) is 19.3 Å². The fourth-order valence-electron chi connectivity index (χ4n) is 2.89. The summed E-state index contributed by atoms with van der Waals surface area (Å²) in [6.45, 7) is 4.74. The van der Waals surface area contributed by atoms with Crippen LogP contribution in [-0.2, 0) is 13.6 Å². The van der Waals surface area contributed by atoms with E-state index in [9.17, 15) is 9.59 Å². The van der Waals surface area contributed by atoms with Crippen LogP contribution in [0.15, 0.2) is 14.7 Å². The molecule has 0 amide bonds. The summed E-state index contributed by atoms with van der Waals surface area (Å²) >= 11 is 0. The van der Waals surface area contributed by atoms with Gasteiger partial charge in [0.15, 0.2) is 11.2 Å². The summed E-state index contributed by atoms with van der Waals surface area (Å²) in [6, 6.07) is 0. The SMILES string of the molecule is CC(C)Cn1c(NN=C2CCCC2)nc2c1c(=O)[nH]c(=O)n2C. The number of hydrazone groups is 1. The van der Waals surface area contributed by atoms with Crippen molar-refractivity contribution in [2.45, 2.75) is 46.1 Å². The fourth-order valence-corrected chi connectivity index (χ4v) is 2.89. The predicted octanol–water partition coefficient (Wildman–Crippen LogP) is 1.42. The lowest BCUT2D eigenvalue weighted by Gasteiger charge is -2.10. The van der Waals surface area contributed by atoms with Gasteiger partial charge in [-0.3, -0.25) is 14.3 Å².